The van der Waals surface area contributed by atoms with E-state index in [2.05, 4.69) is 4.90 Å². The third-order valence-corrected chi connectivity index (χ3v) is 9.06. The summed E-state index contributed by atoms with van der Waals surface area (Å²) in [6.07, 6.45) is 5.42. The lowest BCUT2D eigenvalue weighted by Gasteiger charge is -2.36. The van der Waals surface area contributed by atoms with Crippen molar-refractivity contribution >= 4 is 17.5 Å². The molecule has 0 bridgehead atoms. The Balaban J connectivity index is 1.16. The number of carbonyl (C=O) groups excluding carboxylic acids is 1. The van der Waals surface area contributed by atoms with E-state index < -0.39 is 11.6 Å². The lowest BCUT2D eigenvalue weighted by atomic mass is 9.82. The molecule has 1 saturated heterocycles. The van der Waals surface area contributed by atoms with Crippen LogP contribution >= 0.6 is 0 Å². The van der Waals surface area contributed by atoms with Crippen molar-refractivity contribution in [3.8, 4) is 0 Å². The smallest absolute Gasteiger partial charge is 0.339 e. The fraction of sp³-hybridized carbons (Fsp3) is 0.744. The molecule has 12 nitrogen and oxygen atoms in total. The van der Waals surface area contributed by atoms with E-state index in [0.29, 0.717) is 65.0 Å². The predicted molar refractivity (Wildman–Crippen MR) is 194 cm³/mol. The summed E-state index contributed by atoms with van der Waals surface area (Å²) < 4.78 is 39.1. The number of esters is 1. The van der Waals surface area contributed by atoms with Gasteiger partial charge in [0.1, 0.15) is 23.5 Å². The molecule has 0 spiro atoms. The molecule has 1 saturated carbocycles. The van der Waals surface area contributed by atoms with Crippen LogP contribution in [0.2, 0.25) is 0 Å². The number of likely N-dealkylation sites (tertiary alicyclic amines) is 1. The monoisotopic (exact) mass is 721 g/mol. The van der Waals surface area contributed by atoms with Crippen LogP contribution in [0.15, 0.2) is 17.9 Å². The lowest BCUT2D eigenvalue weighted by molar-refractivity contribution is -0.160. The number of hydrogen-bond donors (Lipinski definition) is 2. The van der Waals surface area contributed by atoms with Crippen molar-refractivity contribution in [1.29, 1.82) is 0 Å². The minimum Gasteiger partial charge on any atom is -0.511 e. The number of ether oxygens (including phenoxy) is 7. The van der Waals surface area contributed by atoms with E-state index in [0.717, 1.165) is 74.8 Å². The maximum atomic E-state index is 12.3. The summed E-state index contributed by atoms with van der Waals surface area (Å²) >= 11 is 0. The molecular formula is C39H63NO11. The van der Waals surface area contributed by atoms with Crippen LogP contribution in [-0.4, -0.2) is 131 Å². The lowest BCUT2D eigenvalue weighted by Crippen LogP contribution is -2.40. The third-order valence-electron chi connectivity index (χ3n) is 9.06. The van der Waals surface area contributed by atoms with Crippen LogP contribution in [0.5, 0.6) is 0 Å². The fourth-order valence-electron chi connectivity index (χ4n) is 6.74. The molecule has 2 N–H and O–H groups in total. The van der Waals surface area contributed by atoms with Gasteiger partial charge in [-0.15, -0.1) is 0 Å². The second-order valence-electron chi connectivity index (χ2n) is 14.6. The molecule has 0 radical (unpaired) electrons. The fourth-order valence-corrected chi connectivity index (χ4v) is 6.74. The second kappa shape index (κ2) is 22.5. The van der Waals surface area contributed by atoms with Crippen molar-refractivity contribution in [3.05, 3.63) is 40.1 Å². The van der Waals surface area contributed by atoms with Crippen molar-refractivity contribution < 1.29 is 53.0 Å². The molecule has 1 aliphatic heterocycles. The van der Waals surface area contributed by atoms with E-state index >= 15 is 0 Å². The molecule has 51 heavy (non-hydrogen) atoms. The Labute approximate surface area is 304 Å². The number of benzene rings is 1. The van der Waals surface area contributed by atoms with Crippen LogP contribution in [-0.2, 0) is 42.7 Å². The van der Waals surface area contributed by atoms with E-state index in [1.807, 2.05) is 53.7 Å². The van der Waals surface area contributed by atoms with Gasteiger partial charge < -0.3 is 48.3 Å². The van der Waals surface area contributed by atoms with Gasteiger partial charge in [-0.25, -0.2) is 9.59 Å². The predicted octanol–water partition coefficient (Wildman–Crippen LogP) is 5.43. The number of aliphatic hydroxyl groups excluding tert-OH is 1. The Morgan fingerprint density at radius 2 is 1.18 bits per heavy atom. The van der Waals surface area contributed by atoms with Gasteiger partial charge in [-0.3, -0.25) is 0 Å². The number of hydrogen-bond acceptors (Lipinski definition) is 11. The normalized spacial score (nSPS) is 19.6. The Kier molecular flexibility index (Phi) is 18.9. The standard InChI is InChI=1S/C39H63NO11/c1-28-25-29(2)35(30(3)26-28)36(38(43)44)37(42)31-7-9-32(10-8-31)50-33-11-13-40(14-12-33)15-16-45-17-18-46-19-20-47-21-22-48-23-24-49-27-34(41)51-39(4,5)6/h25-26,31-33,42H,7-24,27H2,1-6H3,(H,43,44)/b37-36+. The van der Waals surface area contributed by atoms with E-state index in [1.54, 1.807) is 0 Å². The summed E-state index contributed by atoms with van der Waals surface area (Å²) in [6, 6.07) is 3.94. The summed E-state index contributed by atoms with van der Waals surface area (Å²) in [5.41, 5.74) is 2.98. The van der Waals surface area contributed by atoms with Gasteiger partial charge in [0.2, 0.25) is 0 Å². The molecule has 290 valence electrons. The van der Waals surface area contributed by atoms with Gasteiger partial charge in [-0.1, -0.05) is 17.7 Å². The molecule has 1 aromatic rings. The Morgan fingerprint density at radius 1 is 0.706 bits per heavy atom. The maximum absolute atomic E-state index is 12.3. The first-order chi connectivity index (χ1) is 24.3. The van der Waals surface area contributed by atoms with Gasteiger partial charge in [-0.05, 0) is 96.8 Å². The summed E-state index contributed by atoms with van der Waals surface area (Å²) in [7, 11) is 0. The van der Waals surface area contributed by atoms with Crippen molar-refractivity contribution in [2.24, 2.45) is 5.92 Å². The highest BCUT2D eigenvalue weighted by molar-refractivity contribution is 6.17. The number of nitrogens with zero attached hydrogens (tertiary/aromatic N) is 1. The summed E-state index contributed by atoms with van der Waals surface area (Å²) in [4.78, 5) is 26.2. The zero-order valence-electron chi connectivity index (χ0n) is 31.8. The molecule has 0 aromatic heterocycles. The number of rotatable bonds is 22. The van der Waals surface area contributed by atoms with Gasteiger partial charge in [0.05, 0.1) is 71.7 Å². The highest BCUT2D eigenvalue weighted by Gasteiger charge is 2.31. The van der Waals surface area contributed by atoms with Crippen LogP contribution in [0, 0.1) is 26.7 Å². The number of allylic oxidation sites excluding steroid dienone is 1. The summed E-state index contributed by atoms with van der Waals surface area (Å²) in [6.45, 7) is 18.3. The van der Waals surface area contributed by atoms with E-state index in [9.17, 15) is 19.8 Å². The molecule has 0 atom stereocenters. The minimum absolute atomic E-state index is 0.00273. The molecule has 3 rings (SSSR count). The average molecular weight is 722 g/mol. The molecule has 1 aliphatic carbocycles. The van der Waals surface area contributed by atoms with Gasteiger partial charge in [0.15, 0.2) is 0 Å². The quantitative estimate of drug-likeness (QED) is 0.0683. The molecule has 0 amide bonds. The van der Waals surface area contributed by atoms with Crippen molar-refractivity contribution in [2.45, 2.75) is 97.9 Å². The molecular weight excluding hydrogens is 658 g/mol. The van der Waals surface area contributed by atoms with Crippen molar-refractivity contribution in [3.63, 3.8) is 0 Å². The number of piperidine rings is 1. The van der Waals surface area contributed by atoms with Crippen LogP contribution in [0.25, 0.3) is 5.57 Å². The van der Waals surface area contributed by atoms with Crippen LogP contribution in [0.1, 0.15) is 81.5 Å². The van der Waals surface area contributed by atoms with E-state index in [-0.39, 0.29) is 42.0 Å². The largest absolute Gasteiger partial charge is 0.511 e. The summed E-state index contributed by atoms with van der Waals surface area (Å²) in [5, 5.41) is 21.2. The van der Waals surface area contributed by atoms with Crippen LogP contribution in [0.3, 0.4) is 0 Å². The van der Waals surface area contributed by atoms with Crippen LogP contribution in [0.4, 0.5) is 0 Å². The molecule has 1 heterocycles. The zero-order valence-corrected chi connectivity index (χ0v) is 31.8. The highest BCUT2D eigenvalue weighted by atomic mass is 16.6. The number of carboxylic acid groups (broad SMARTS) is 1. The van der Waals surface area contributed by atoms with Crippen LogP contribution < -0.4 is 0 Å². The number of carbonyl (C=O) groups is 2. The molecule has 0 unspecified atom stereocenters. The topological polar surface area (TPSA) is 142 Å². The second-order valence-corrected chi connectivity index (χ2v) is 14.6. The molecule has 2 aliphatic rings. The molecule has 1 aromatic carbocycles. The van der Waals surface area contributed by atoms with Crippen molar-refractivity contribution in [2.75, 3.05) is 85.7 Å². The molecule has 2 fully saturated rings. The zero-order chi connectivity index (χ0) is 37.2. The van der Waals surface area contributed by atoms with Gasteiger partial charge >= 0.3 is 11.9 Å². The van der Waals surface area contributed by atoms with Gasteiger partial charge in [0.25, 0.3) is 0 Å². The minimum atomic E-state index is -1.08. The molecule has 12 heteroatoms. The first kappa shape index (κ1) is 42.8. The first-order valence-electron chi connectivity index (χ1n) is 18.6. The number of aliphatic carboxylic acids is 1. The Morgan fingerprint density at radius 3 is 1.67 bits per heavy atom. The number of aryl methyl sites for hydroxylation is 3. The Bertz CT molecular complexity index is 1200. The highest BCUT2D eigenvalue weighted by Crippen LogP contribution is 2.37. The Hall–Kier alpha value is -2.58. The van der Waals surface area contributed by atoms with Crippen molar-refractivity contribution in [1.82, 2.24) is 4.90 Å². The first-order valence-corrected chi connectivity index (χ1v) is 18.6. The SMILES string of the molecule is Cc1cc(C)c(/C(C(=O)O)=C(\O)C2CCC(OC3CCN(CCOCCOCCOCCOCCOCC(=O)OC(C)(C)C)CC3)CC2)c(C)c1. The summed E-state index contributed by atoms with van der Waals surface area (Å²) in [5.74, 6) is -1.63. The average Bonchev–Trinajstić information content (AvgIpc) is 3.06. The van der Waals surface area contributed by atoms with E-state index in [4.69, 9.17) is 33.2 Å². The van der Waals surface area contributed by atoms with Gasteiger partial charge in [-0.2, -0.15) is 0 Å². The third kappa shape index (κ3) is 16.3. The maximum Gasteiger partial charge on any atom is 0.339 e. The van der Waals surface area contributed by atoms with E-state index in [1.165, 1.54) is 0 Å². The number of aliphatic hydroxyl groups is 1. The number of carboxylic acids is 1. The van der Waals surface area contributed by atoms with Gasteiger partial charge in [0, 0.05) is 25.6 Å².